The molecule has 138 valence electrons. The van der Waals surface area contributed by atoms with Gasteiger partial charge < -0.3 is 19.7 Å². The zero-order valence-corrected chi connectivity index (χ0v) is 14.9. The second-order valence-corrected chi connectivity index (χ2v) is 6.75. The molecule has 3 heterocycles. The van der Waals surface area contributed by atoms with Crippen LogP contribution in [-0.4, -0.2) is 53.8 Å². The van der Waals surface area contributed by atoms with E-state index in [1.807, 2.05) is 6.07 Å². The summed E-state index contributed by atoms with van der Waals surface area (Å²) >= 11 is 0. The van der Waals surface area contributed by atoms with Gasteiger partial charge in [-0.25, -0.2) is 0 Å². The summed E-state index contributed by atoms with van der Waals surface area (Å²) in [5.41, 5.74) is 1.35. The quantitative estimate of drug-likeness (QED) is 0.797. The monoisotopic (exact) mass is 355 g/mol. The number of hydrogen-bond acceptors (Lipinski definition) is 7. The van der Waals surface area contributed by atoms with Gasteiger partial charge in [-0.2, -0.15) is 10.1 Å². The van der Waals surface area contributed by atoms with E-state index in [-0.39, 0.29) is 5.79 Å². The molecule has 4 rings (SSSR count). The molecule has 0 bridgehead atoms. The fourth-order valence-electron chi connectivity index (χ4n) is 3.52. The summed E-state index contributed by atoms with van der Waals surface area (Å²) < 4.78 is 11.6. The van der Waals surface area contributed by atoms with E-state index >= 15 is 0 Å². The molecular weight excluding hydrogens is 330 g/mol. The highest BCUT2D eigenvalue weighted by Gasteiger charge is 2.40. The van der Waals surface area contributed by atoms with Crippen LogP contribution in [0.25, 0.3) is 0 Å². The molecule has 0 atom stereocenters. The lowest BCUT2D eigenvalue weighted by molar-refractivity contribution is -0.169. The normalized spacial score (nSPS) is 19.0. The molecule has 26 heavy (non-hydrogen) atoms. The van der Waals surface area contributed by atoms with Gasteiger partial charge in [-0.15, -0.1) is 5.10 Å². The Morgan fingerprint density at radius 1 is 1.08 bits per heavy atom. The van der Waals surface area contributed by atoms with E-state index < -0.39 is 0 Å². The Hall–Kier alpha value is -2.25. The van der Waals surface area contributed by atoms with E-state index in [1.165, 1.54) is 5.56 Å². The summed E-state index contributed by atoms with van der Waals surface area (Å²) in [6.45, 7) is 3.93. The number of piperidine rings is 1. The average Bonchev–Trinajstić information content (AvgIpc) is 3.15. The van der Waals surface area contributed by atoms with E-state index in [0.29, 0.717) is 19.2 Å². The summed E-state index contributed by atoms with van der Waals surface area (Å²) in [6, 6.07) is 10.5. The van der Waals surface area contributed by atoms with Crippen LogP contribution < -0.4 is 10.2 Å². The molecule has 2 aliphatic heterocycles. The van der Waals surface area contributed by atoms with Gasteiger partial charge in [-0.1, -0.05) is 30.3 Å². The van der Waals surface area contributed by atoms with Crippen molar-refractivity contribution in [3.63, 3.8) is 0 Å². The lowest BCUT2D eigenvalue weighted by Gasteiger charge is -2.37. The first-order chi connectivity index (χ1) is 12.8. The topological polar surface area (TPSA) is 72.4 Å². The summed E-state index contributed by atoms with van der Waals surface area (Å²) in [5, 5.41) is 11.5. The molecular formula is C19H25N5O2. The summed E-state index contributed by atoms with van der Waals surface area (Å²) in [6.07, 6.45) is 5.50. The highest BCUT2D eigenvalue weighted by atomic mass is 16.7. The number of benzene rings is 1. The van der Waals surface area contributed by atoms with Crippen molar-refractivity contribution in [1.82, 2.24) is 15.2 Å². The van der Waals surface area contributed by atoms with E-state index in [1.54, 1.807) is 6.20 Å². The molecule has 7 heteroatoms. The van der Waals surface area contributed by atoms with Gasteiger partial charge in [0.2, 0.25) is 5.95 Å². The molecule has 2 aromatic rings. The third-order valence-electron chi connectivity index (χ3n) is 4.98. The van der Waals surface area contributed by atoms with Gasteiger partial charge in [0.05, 0.1) is 19.4 Å². The minimum atomic E-state index is -0.366. The lowest BCUT2D eigenvalue weighted by atomic mass is 10.0. The molecule has 1 aromatic carbocycles. The van der Waals surface area contributed by atoms with Gasteiger partial charge in [0.15, 0.2) is 11.6 Å². The number of aryl methyl sites for hydroxylation is 1. The van der Waals surface area contributed by atoms with Crippen molar-refractivity contribution in [2.45, 2.75) is 31.5 Å². The fourth-order valence-corrected chi connectivity index (χ4v) is 3.52. The SMILES string of the molecule is c1ccc(CCCNc2nncc(N3CCC4(CC3)OCCO4)n2)cc1. The fraction of sp³-hybridized carbons (Fsp3) is 0.526. The van der Waals surface area contributed by atoms with E-state index in [0.717, 1.165) is 51.1 Å². The van der Waals surface area contributed by atoms with Gasteiger partial charge in [-0.05, 0) is 18.4 Å². The molecule has 0 unspecified atom stereocenters. The second-order valence-electron chi connectivity index (χ2n) is 6.75. The second kappa shape index (κ2) is 7.97. The summed E-state index contributed by atoms with van der Waals surface area (Å²) in [7, 11) is 0. The van der Waals surface area contributed by atoms with Crippen molar-refractivity contribution in [2.75, 3.05) is 43.1 Å². The highest BCUT2D eigenvalue weighted by Crippen LogP contribution is 2.32. The minimum Gasteiger partial charge on any atom is -0.355 e. The predicted molar refractivity (Wildman–Crippen MR) is 99.2 cm³/mol. The third kappa shape index (κ3) is 4.11. The van der Waals surface area contributed by atoms with Crippen molar-refractivity contribution < 1.29 is 9.47 Å². The highest BCUT2D eigenvalue weighted by molar-refractivity contribution is 5.40. The molecule has 0 saturated carbocycles. The first-order valence-electron chi connectivity index (χ1n) is 9.33. The standard InChI is InChI=1S/C19H25N5O2/c1-2-5-16(6-3-1)7-4-10-20-18-22-17(15-21-23-18)24-11-8-19(9-12-24)25-13-14-26-19/h1-3,5-6,15H,4,7-14H2,(H,20,22,23). The van der Waals surface area contributed by atoms with Crippen LogP contribution >= 0.6 is 0 Å². The summed E-state index contributed by atoms with van der Waals surface area (Å²) in [4.78, 5) is 6.84. The van der Waals surface area contributed by atoms with Gasteiger partial charge >= 0.3 is 0 Å². The van der Waals surface area contributed by atoms with Crippen molar-refractivity contribution in [2.24, 2.45) is 0 Å². The van der Waals surface area contributed by atoms with Crippen molar-refractivity contribution in [3.8, 4) is 0 Å². The Balaban J connectivity index is 1.27. The Morgan fingerprint density at radius 3 is 2.62 bits per heavy atom. The number of nitrogens with one attached hydrogen (secondary N) is 1. The van der Waals surface area contributed by atoms with Crippen molar-refractivity contribution in [3.05, 3.63) is 42.1 Å². The zero-order valence-electron chi connectivity index (χ0n) is 14.9. The third-order valence-corrected chi connectivity index (χ3v) is 4.98. The Morgan fingerprint density at radius 2 is 1.85 bits per heavy atom. The van der Waals surface area contributed by atoms with Crippen molar-refractivity contribution in [1.29, 1.82) is 0 Å². The van der Waals surface area contributed by atoms with Crippen molar-refractivity contribution >= 4 is 11.8 Å². The van der Waals surface area contributed by atoms with Crippen LogP contribution in [0.2, 0.25) is 0 Å². The maximum Gasteiger partial charge on any atom is 0.244 e. The van der Waals surface area contributed by atoms with Gasteiger partial charge in [0, 0.05) is 32.5 Å². The lowest BCUT2D eigenvalue weighted by Crippen LogP contribution is -2.45. The van der Waals surface area contributed by atoms with Crippen LogP contribution in [0, 0.1) is 0 Å². The Labute approximate surface area is 153 Å². The number of rotatable bonds is 6. The molecule has 2 aliphatic rings. The number of anilines is 2. The number of ether oxygens (including phenoxy) is 2. The molecule has 2 saturated heterocycles. The number of aromatic nitrogens is 3. The molecule has 7 nitrogen and oxygen atoms in total. The summed E-state index contributed by atoms with van der Waals surface area (Å²) in [5.74, 6) is 1.08. The first-order valence-corrected chi connectivity index (χ1v) is 9.33. The largest absolute Gasteiger partial charge is 0.355 e. The van der Waals surface area contributed by atoms with E-state index in [2.05, 4.69) is 49.7 Å². The van der Waals surface area contributed by atoms with Crippen LogP contribution in [0.5, 0.6) is 0 Å². The molecule has 1 aromatic heterocycles. The van der Waals surface area contributed by atoms with Gasteiger partial charge in [0.1, 0.15) is 0 Å². The molecule has 0 amide bonds. The van der Waals surface area contributed by atoms with Gasteiger partial charge in [-0.3, -0.25) is 0 Å². The smallest absolute Gasteiger partial charge is 0.244 e. The predicted octanol–water partition coefficient (Wildman–Crippen LogP) is 2.26. The van der Waals surface area contributed by atoms with Crippen LogP contribution in [0.1, 0.15) is 24.8 Å². The average molecular weight is 355 g/mol. The van der Waals surface area contributed by atoms with Crippen LogP contribution in [0.4, 0.5) is 11.8 Å². The molecule has 1 N–H and O–H groups in total. The Kier molecular flexibility index (Phi) is 5.26. The van der Waals surface area contributed by atoms with Crippen LogP contribution in [0.15, 0.2) is 36.5 Å². The molecule has 0 radical (unpaired) electrons. The number of nitrogens with zero attached hydrogens (tertiary/aromatic N) is 4. The molecule has 0 aliphatic carbocycles. The molecule has 1 spiro atoms. The number of hydrogen-bond donors (Lipinski definition) is 1. The Bertz CT molecular complexity index is 696. The van der Waals surface area contributed by atoms with Gasteiger partial charge in [0.25, 0.3) is 0 Å². The van der Waals surface area contributed by atoms with Crippen LogP contribution in [0.3, 0.4) is 0 Å². The first kappa shape index (κ1) is 17.2. The molecule has 2 fully saturated rings. The van der Waals surface area contributed by atoms with Crippen LogP contribution in [-0.2, 0) is 15.9 Å². The maximum atomic E-state index is 5.78. The minimum absolute atomic E-state index is 0.366. The van der Waals surface area contributed by atoms with E-state index in [9.17, 15) is 0 Å². The van der Waals surface area contributed by atoms with E-state index in [4.69, 9.17) is 9.47 Å². The maximum absolute atomic E-state index is 5.78. The zero-order chi connectivity index (χ0) is 17.7.